The maximum Gasteiger partial charge on any atom is 0.00155 e. The maximum absolute atomic E-state index is 3.90. The third-order valence-electron chi connectivity index (χ3n) is 1.35. The van der Waals surface area contributed by atoms with E-state index in [2.05, 4.69) is 32.2 Å². The highest BCUT2D eigenvalue weighted by Gasteiger charge is 1.90. The molecule has 0 bridgehead atoms. The average Bonchev–Trinajstić information content (AvgIpc) is 1.97. The van der Waals surface area contributed by atoms with Crippen LogP contribution in [0.15, 0.2) is 37.0 Å². The van der Waals surface area contributed by atoms with Crippen molar-refractivity contribution in [3.8, 4) is 0 Å². The molecule has 0 aliphatic heterocycles. The minimum atomic E-state index is 1.03. The summed E-state index contributed by atoms with van der Waals surface area (Å²) in [6.45, 7) is 8.55. The summed E-state index contributed by atoms with van der Waals surface area (Å²) in [5.74, 6) is 0. The zero-order valence-corrected chi connectivity index (χ0v) is 7.51. The highest BCUT2D eigenvalue weighted by molar-refractivity contribution is 5.18. The number of allylic oxidation sites excluding steroid dienone is 3. The zero-order valence-electron chi connectivity index (χ0n) is 7.51. The van der Waals surface area contributed by atoms with Crippen molar-refractivity contribution in [1.29, 1.82) is 0 Å². The predicted octanol–water partition coefficient (Wildman–Crippen LogP) is 2.24. The molecule has 0 aromatic carbocycles. The van der Waals surface area contributed by atoms with Gasteiger partial charge in [0.05, 0.1) is 0 Å². The van der Waals surface area contributed by atoms with E-state index in [1.54, 1.807) is 6.08 Å². The van der Waals surface area contributed by atoms with Gasteiger partial charge in [-0.1, -0.05) is 37.0 Å². The molecule has 0 aliphatic rings. The molecule has 0 saturated carbocycles. The second kappa shape index (κ2) is 5.93. The minimum Gasteiger partial charge on any atom is -0.309 e. The molecule has 0 N–H and O–H groups in total. The van der Waals surface area contributed by atoms with Gasteiger partial charge in [-0.15, -0.1) is 0 Å². The molecule has 0 aromatic rings. The molecule has 11 heavy (non-hydrogen) atoms. The Hall–Kier alpha value is -0.820. The summed E-state index contributed by atoms with van der Waals surface area (Å²) in [5, 5.41) is 0. The normalized spacial score (nSPS) is 10.8. The summed E-state index contributed by atoms with van der Waals surface area (Å²) >= 11 is 0. The van der Waals surface area contributed by atoms with Crippen LogP contribution in [0.25, 0.3) is 0 Å². The van der Waals surface area contributed by atoms with E-state index in [1.807, 2.05) is 12.2 Å². The van der Waals surface area contributed by atoms with Crippen LogP contribution in [-0.2, 0) is 0 Å². The molecule has 0 spiro atoms. The van der Waals surface area contributed by atoms with Crippen LogP contribution in [0.4, 0.5) is 0 Å². The van der Waals surface area contributed by atoms with Crippen molar-refractivity contribution in [2.75, 3.05) is 20.6 Å². The molecule has 0 aromatic heterocycles. The summed E-state index contributed by atoms with van der Waals surface area (Å²) in [6.07, 6.45) is 6.70. The van der Waals surface area contributed by atoms with Gasteiger partial charge < -0.3 is 4.90 Å². The Morgan fingerprint density at radius 1 is 1.45 bits per heavy atom. The van der Waals surface area contributed by atoms with Gasteiger partial charge in [0.1, 0.15) is 0 Å². The number of hydrogen-bond donors (Lipinski definition) is 0. The van der Waals surface area contributed by atoms with Crippen LogP contribution >= 0.6 is 0 Å². The maximum atomic E-state index is 3.90. The third-order valence-corrected chi connectivity index (χ3v) is 1.35. The Balaban J connectivity index is 3.53. The van der Waals surface area contributed by atoms with Gasteiger partial charge in [0.2, 0.25) is 0 Å². The van der Waals surface area contributed by atoms with E-state index in [1.165, 1.54) is 0 Å². The molecule has 0 fully saturated rings. The van der Waals surface area contributed by atoms with Crippen LogP contribution in [0, 0.1) is 0 Å². The van der Waals surface area contributed by atoms with Crippen LogP contribution in [0.3, 0.4) is 0 Å². The second-order valence-electron chi connectivity index (χ2n) is 2.81. The fourth-order valence-electron chi connectivity index (χ4n) is 0.655. The lowest BCUT2D eigenvalue weighted by molar-refractivity contribution is 0.414. The summed E-state index contributed by atoms with van der Waals surface area (Å²) < 4.78 is 0. The fraction of sp³-hybridized carbons (Fsp3) is 0.400. The smallest absolute Gasteiger partial charge is 0.00155 e. The van der Waals surface area contributed by atoms with E-state index < -0.39 is 0 Å². The quantitative estimate of drug-likeness (QED) is 0.545. The summed E-state index contributed by atoms with van der Waals surface area (Å²) in [4.78, 5) is 2.15. The zero-order chi connectivity index (χ0) is 8.69. The lowest BCUT2D eigenvalue weighted by Gasteiger charge is -2.08. The van der Waals surface area contributed by atoms with Gasteiger partial charge in [0.25, 0.3) is 0 Å². The van der Waals surface area contributed by atoms with E-state index in [-0.39, 0.29) is 0 Å². The van der Waals surface area contributed by atoms with E-state index >= 15 is 0 Å². The molecule has 0 atom stereocenters. The van der Waals surface area contributed by atoms with Gasteiger partial charge in [-0.25, -0.2) is 0 Å². The monoisotopic (exact) mass is 151 g/mol. The van der Waals surface area contributed by atoms with Gasteiger partial charge in [-0.2, -0.15) is 0 Å². The highest BCUT2D eigenvalue weighted by Crippen LogP contribution is 1.99. The Morgan fingerprint density at radius 2 is 2.09 bits per heavy atom. The minimum absolute atomic E-state index is 1.03. The first-order valence-electron chi connectivity index (χ1n) is 3.78. The summed E-state index contributed by atoms with van der Waals surface area (Å²) in [6, 6.07) is 0. The number of rotatable bonds is 5. The van der Waals surface area contributed by atoms with Crippen molar-refractivity contribution in [3.05, 3.63) is 37.0 Å². The van der Waals surface area contributed by atoms with Gasteiger partial charge in [0, 0.05) is 6.54 Å². The molecule has 0 unspecified atom stereocenters. The molecule has 1 heteroatoms. The second-order valence-corrected chi connectivity index (χ2v) is 2.81. The summed E-state index contributed by atoms with van der Waals surface area (Å²) in [5.41, 5.74) is 1.15. The van der Waals surface area contributed by atoms with Crippen molar-refractivity contribution >= 4 is 0 Å². The van der Waals surface area contributed by atoms with Crippen molar-refractivity contribution in [2.24, 2.45) is 0 Å². The van der Waals surface area contributed by atoms with Crippen LogP contribution in [0.2, 0.25) is 0 Å². The van der Waals surface area contributed by atoms with Crippen molar-refractivity contribution in [3.63, 3.8) is 0 Å². The van der Waals surface area contributed by atoms with Crippen LogP contribution < -0.4 is 0 Å². The molecule has 0 aliphatic carbocycles. The van der Waals surface area contributed by atoms with Crippen molar-refractivity contribution in [1.82, 2.24) is 4.90 Å². The topological polar surface area (TPSA) is 3.24 Å². The van der Waals surface area contributed by atoms with Crippen LogP contribution in [-0.4, -0.2) is 25.5 Å². The Kier molecular flexibility index (Phi) is 5.49. The first-order valence-corrected chi connectivity index (χ1v) is 3.78. The van der Waals surface area contributed by atoms with Gasteiger partial charge in [0.15, 0.2) is 0 Å². The van der Waals surface area contributed by atoms with E-state index in [0.29, 0.717) is 0 Å². The predicted molar refractivity (Wildman–Crippen MR) is 51.6 cm³/mol. The fourth-order valence-corrected chi connectivity index (χ4v) is 0.655. The van der Waals surface area contributed by atoms with Gasteiger partial charge >= 0.3 is 0 Å². The number of nitrogens with zero attached hydrogens (tertiary/aromatic N) is 1. The van der Waals surface area contributed by atoms with Gasteiger partial charge in [-0.3, -0.25) is 0 Å². The average molecular weight is 151 g/mol. The van der Waals surface area contributed by atoms with E-state index in [0.717, 1.165) is 18.5 Å². The SMILES string of the molecule is C=C/C=C\C(=C)CCN(C)C. The molecule has 0 amide bonds. The lowest BCUT2D eigenvalue weighted by Crippen LogP contribution is -2.12. The standard InChI is InChI=1S/C10H17N/c1-5-6-7-10(2)8-9-11(3)4/h5-7H,1-2,8-9H2,3-4H3/b7-6-. The number of hydrogen-bond acceptors (Lipinski definition) is 1. The van der Waals surface area contributed by atoms with Crippen molar-refractivity contribution < 1.29 is 0 Å². The molecule has 62 valence electrons. The molecule has 1 nitrogen and oxygen atoms in total. The van der Waals surface area contributed by atoms with Gasteiger partial charge in [-0.05, 0) is 20.5 Å². The first-order chi connectivity index (χ1) is 5.16. The molecular weight excluding hydrogens is 134 g/mol. The van der Waals surface area contributed by atoms with E-state index in [9.17, 15) is 0 Å². The Bertz CT molecular complexity index is 154. The Morgan fingerprint density at radius 3 is 2.55 bits per heavy atom. The van der Waals surface area contributed by atoms with Crippen LogP contribution in [0.5, 0.6) is 0 Å². The third kappa shape index (κ3) is 7.07. The molecular formula is C10H17N. The molecule has 0 rings (SSSR count). The van der Waals surface area contributed by atoms with Crippen molar-refractivity contribution in [2.45, 2.75) is 6.42 Å². The Labute approximate surface area is 69.7 Å². The molecule has 0 saturated heterocycles. The summed E-state index contributed by atoms with van der Waals surface area (Å²) in [7, 11) is 4.12. The van der Waals surface area contributed by atoms with E-state index in [4.69, 9.17) is 0 Å². The molecule has 0 heterocycles. The largest absolute Gasteiger partial charge is 0.309 e. The first kappa shape index (κ1) is 10.2. The molecule has 0 radical (unpaired) electrons. The lowest BCUT2D eigenvalue weighted by atomic mass is 10.2. The van der Waals surface area contributed by atoms with Crippen LogP contribution in [0.1, 0.15) is 6.42 Å². The highest BCUT2D eigenvalue weighted by atomic mass is 15.0.